The first-order chi connectivity index (χ1) is 15.0. The number of alkyl halides is 3. The maximum Gasteiger partial charge on any atom is 0.416 e. The highest BCUT2D eigenvalue weighted by Crippen LogP contribution is 2.33. The van der Waals surface area contributed by atoms with E-state index in [1.54, 1.807) is 0 Å². The minimum absolute atomic E-state index is 0.0408. The van der Waals surface area contributed by atoms with Gasteiger partial charge < -0.3 is 14.8 Å². The highest BCUT2D eigenvalue weighted by molar-refractivity contribution is 6.33. The maximum absolute atomic E-state index is 13.1. The zero-order valence-corrected chi connectivity index (χ0v) is 18.0. The van der Waals surface area contributed by atoms with Crippen molar-refractivity contribution >= 4 is 23.2 Å². The Morgan fingerprint density at radius 1 is 1.22 bits per heavy atom. The molecule has 0 radical (unpaired) electrons. The van der Waals surface area contributed by atoms with Gasteiger partial charge in [0.15, 0.2) is 0 Å². The third-order valence-electron chi connectivity index (χ3n) is 3.93. The highest BCUT2D eigenvalue weighted by atomic mass is 35.5. The Bertz CT molecular complexity index is 970. The summed E-state index contributed by atoms with van der Waals surface area (Å²) in [7, 11) is 0. The molecule has 0 fully saturated rings. The summed E-state index contributed by atoms with van der Waals surface area (Å²) >= 11 is 5.91. The Balaban J connectivity index is 1.93. The molecule has 12 heteroatoms. The minimum atomic E-state index is -4.59. The van der Waals surface area contributed by atoms with Crippen LogP contribution in [0.1, 0.15) is 36.2 Å². The number of nitrogens with one attached hydrogen (secondary N) is 1. The number of benzene rings is 1. The Hall–Kier alpha value is -3.08. The summed E-state index contributed by atoms with van der Waals surface area (Å²) in [4.78, 5) is 26.3. The molecule has 32 heavy (non-hydrogen) atoms. The van der Waals surface area contributed by atoms with E-state index in [2.05, 4.69) is 10.3 Å². The average molecular weight is 476 g/mol. The van der Waals surface area contributed by atoms with Crippen molar-refractivity contribution in [1.82, 2.24) is 10.3 Å². The van der Waals surface area contributed by atoms with Gasteiger partial charge in [-0.1, -0.05) is 25.4 Å². The molecular weight excluding hydrogens is 455 g/mol. The van der Waals surface area contributed by atoms with Gasteiger partial charge in [0.25, 0.3) is 11.6 Å². The Morgan fingerprint density at radius 2 is 1.88 bits per heavy atom. The lowest BCUT2D eigenvalue weighted by atomic mass is 10.2. The normalized spacial score (nSPS) is 11.3. The van der Waals surface area contributed by atoms with E-state index in [0.717, 1.165) is 18.2 Å². The number of nitro benzene ring substituents is 1. The van der Waals surface area contributed by atoms with Gasteiger partial charge in [-0.05, 0) is 18.4 Å². The lowest BCUT2D eigenvalue weighted by Crippen LogP contribution is -2.26. The van der Waals surface area contributed by atoms with Crippen LogP contribution in [0.2, 0.25) is 5.02 Å². The van der Waals surface area contributed by atoms with Crippen molar-refractivity contribution in [3.63, 3.8) is 0 Å². The number of ether oxygens (including phenoxy) is 2. The van der Waals surface area contributed by atoms with Gasteiger partial charge in [0.05, 0.1) is 34.3 Å². The van der Waals surface area contributed by atoms with Crippen molar-refractivity contribution in [2.24, 2.45) is 5.92 Å². The number of hydrogen-bond donors (Lipinski definition) is 1. The molecule has 0 spiro atoms. The second kappa shape index (κ2) is 11.0. The zero-order chi connectivity index (χ0) is 23.9. The fourth-order valence-electron chi connectivity index (χ4n) is 2.39. The van der Waals surface area contributed by atoms with Gasteiger partial charge in [-0.2, -0.15) is 18.2 Å². The monoisotopic (exact) mass is 475 g/mol. The Morgan fingerprint density at radius 3 is 2.47 bits per heavy atom. The van der Waals surface area contributed by atoms with E-state index in [-0.39, 0.29) is 60.1 Å². The van der Waals surface area contributed by atoms with Gasteiger partial charge in [0, 0.05) is 30.8 Å². The molecule has 2 rings (SSSR count). The predicted molar refractivity (Wildman–Crippen MR) is 110 cm³/mol. The van der Waals surface area contributed by atoms with E-state index in [9.17, 15) is 28.1 Å². The van der Waals surface area contributed by atoms with E-state index in [0.29, 0.717) is 0 Å². The summed E-state index contributed by atoms with van der Waals surface area (Å²) in [6.45, 7) is 3.94. The molecule has 174 valence electrons. The molecule has 0 saturated heterocycles. The molecule has 1 aromatic heterocycles. The van der Waals surface area contributed by atoms with E-state index >= 15 is 0 Å². The Labute approximate surface area is 186 Å². The summed E-state index contributed by atoms with van der Waals surface area (Å²) in [5, 5.41) is 13.4. The average Bonchev–Trinajstić information content (AvgIpc) is 2.71. The molecule has 1 N–H and O–H groups in total. The van der Waals surface area contributed by atoms with Gasteiger partial charge in [0.1, 0.15) is 0 Å². The molecule has 0 saturated carbocycles. The van der Waals surface area contributed by atoms with Crippen molar-refractivity contribution in [2.45, 2.75) is 26.4 Å². The van der Waals surface area contributed by atoms with Gasteiger partial charge in [-0.25, -0.2) is 0 Å². The van der Waals surface area contributed by atoms with Crippen LogP contribution in [-0.4, -0.2) is 35.6 Å². The van der Waals surface area contributed by atoms with Gasteiger partial charge in [0.2, 0.25) is 11.8 Å². The largest absolute Gasteiger partial charge is 0.477 e. The Kier molecular flexibility index (Phi) is 8.64. The number of carbonyl (C=O) groups is 1. The van der Waals surface area contributed by atoms with Crippen LogP contribution in [0, 0.1) is 16.0 Å². The number of nitro groups is 1. The maximum atomic E-state index is 13.1. The fourth-order valence-corrected chi connectivity index (χ4v) is 2.59. The van der Waals surface area contributed by atoms with Gasteiger partial charge in [-0.15, -0.1) is 0 Å². The van der Waals surface area contributed by atoms with Crippen LogP contribution in [0.15, 0.2) is 30.3 Å². The number of nitrogens with zero attached hydrogens (tertiary/aromatic N) is 2. The molecule has 0 bridgehead atoms. The van der Waals surface area contributed by atoms with E-state index in [1.807, 2.05) is 13.8 Å². The number of hydrogen-bond acceptors (Lipinski definition) is 6. The topological polar surface area (TPSA) is 104 Å². The van der Waals surface area contributed by atoms with E-state index in [1.165, 1.54) is 12.1 Å². The molecule has 2 aromatic rings. The van der Waals surface area contributed by atoms with Crippen LogP contribution in [0.5, 0.6) is 11.8 Å². The molecule has 1 heterocycles. The van der Waals surface area contributed by atoms with Gasteiger partial charge >= 0.3 is 6.18 Å². The zero-order valence-electron chi connectivity index (χ0n) is 17.2. The lowest BCUT2D eigenvalue weighted by molar-refractivity contribution is -0.384. The first kappa shape index (κ1) is 25.2. The molecule has 1 aromatic carbocycles. The first-order valence-electron chi connectivity index (χ1n) is 9.54. The second-order valence-corrected chi connectivity index (χ2v) is 7.52. The third kappa shape index (κ3) is 7.56. The summed E-state index contributed by atoms with van der Waals surface area (Å²) in [5.41, 5.74) is -1.29. The lowest BCUT2D eigenvalue weighted by Gasteiger charge is -2.14. The summed E-state index contributed by atoms with van der Waals surface area (Å²) in [6, 6.07) is 5.05. The van der Waals surface area contributed by atoms with Crippen LogP contribution in [0.4, 0.5) is 18.9 Å². The number of carbonyl (C=O) groups excluding carboxylic acids is 1. The summed E-state index contributed by atoms with van der Waals surface area (Å²) in [5.74, 6) is -0.983. The van der Waals surface area contributed by atoms with E-state index in [4.69, 9.17) is 21.1 Å². The minimum Gasteiger partial charge on any atom is -0.477 e. The summed E-state index contributed by atoms with van der Waals surface area (Å²) < 4.78 is 49.9. The van der Waals surface area contributed by atoms with Crippen molar-refractivity contribution < 1.29 is 32.4 Å². The molecule has 0 unspecified atom stereocenters. The predicted octanol–water partition coefficient (Wildman–Crippen LogP) is 4.90. The smallest absolute Gasteiger partial charge is 0.416 e. The first-order valence-corrected chi connectivity index (χ1v) is 9.92. The third-order valence-corrected chi connectivity index (χ3v) is 4.26. The van der Waals surface area contributed by atoms with Crippen LogP contribution in [0.3, 0.4) is 0 Å². The molecule has 0 aliphatic heterocycles. The van der Waals surface area contributed by atoms with Crippen molar-refractivity contribution in [3.8, 4) is 11.8 Å². The van der Waals surface area contributed by atoms with Crippen LogP contribution in [-0.2, 0) is 6.18 Å². The fraction of sp³-hybridized carbons (Fsp3) is 0.400. The molecule has 0 aliphatic rings. The van der Waals surface area contributed by atoms with Crippen LogP contribution >= 0.6 is 11.6 Å². The molecule has 8 nitrogen and oxygen atoms in total. The highest BCUT2D eigenvalue weighted by Gasteiger charge is 2.32. The van der Waals surface area contributed by atoms with E-state index < -0.39 is 22.6 Å². The molecular formula is C20H21ClF3N3O5. The number of aromatic nitrogens is 1. The SMILES string of the molecule is CC(C)COc1cc(C(F)(F)F)cc(OCCCNC(=O)c2cc([N+](=O)[O-])ccc2Cl)n1. The number of pyridine rings is 1. The molecule has 0 atom stereocenters. The van der Waals surface area contributed by atoms with Gasteiger partial charge in [-0.3, -0.25) is 14.9 Å². The number of non-ortho nitro benzene ring substituents is 1. The van der Waals surface area contributed by atoms with Crippen molar-refractivity contribution in [3.05, 3.63) is 56.6 Å². The standard InChI is InChI=1S/C20H21ClF3N3O5/c1-12(2)11-32-18-9-13(20(22,23)24)8-17(26-18)31-7-3-6-25-19(28)15-10-14(27(29)30)4-5-16(15)21/h4-5,8-10,12H,3,6-7,11H2,1-2H3,(H,25,28). The van der Waals surface area contributed by atoms with Crippen molar-refractivity contribution in [1.29, 1.82) is 0 Å². The number of rotatable bonds is 10. The molecule has 0 aliphatic carbocycles. The van der Waals surface area contributed by atoms with Crippen LogP contribution < -0.4 is 14.8 Å². The van der Waals surface area contributed by atoms with Crippen molar-refractivity contribution in [2.75, 3.05) is 19.8 Å². The molecule has 1 amide bonds. The second-order valence-electron chi connectivity index (χ2n) is 7.11. The number of amides is 1. The number of halogens is 4. The quantitative estimate of drug-likeness (QED) is 0.298. The van der Waals surface area contributed by atoms with Crippen LogP contribution in [0.25, 0.3) is 0 Å². The summed E-state index contributed by atoms with van der Waals surface area (Å²) in [6.07, 6.45) is -4.36.